The van der Waals surface area contributed by atoms with E-state index < -0.39 is 8.80 Å². The van der Waals surface area contributed by atoms with Crippen LogP contribution in [0.2, 0.25) is 12.1 Å². The van der Waals surface area contributed by atoms with E-state index in [1.54, 1.807) is 10.8 Å². The van der Waals surface area contributed by atoms with E-state index in [9.17, 15) is 0 Å². The number of allylic oxidation sites excluding steroid dienone is 4. The molecule has 0 spiro atoms. The fourth-order valence-corrected chi connectivity index (χ4v) is 6.18. The van der Waals surface area contributed by atoms with Crippen LogP contribution in [0.5, 0.6) is 0 Å². The van der Waals surface area contributed by atoms with Crippen LogP contribution < -0.4 is 0 Å². The third-order valence-electron chi connectivity index (χ3n) is 3.12. The fraction of sp³-hybridized carbons (Fsp3) is 0.692. The minimum absolute atomic E-state index is 0.590. The summed E-state index contributed by atoms with van der Waals surface area (Å²) in [6.07, 6.45) is 7.70. The topological polar surface area (TPSA) is 0 Å². The summed E-state index contributed by atoms with van der Waals surface area (Å²) in [6.45, 7) is 9.27. The largest absolute Gasteiger partial charge is 0.0787 e. The molecular formula is C13H24Si. The summed E-state index contributed by atoms with van der Waals surface area (Å²) < 4.78 is 0. The lowest BCUT2D eigenvalue weighted by molar-refractivity contribution is 0.953. The summed E-state index contributed by atoms with van der Waals surface area (Å²) in [5.41, 5.74) is 1.59. The first-order valence-electron chi connectivity index (χ1n) is 6.09. The maximum absolute atomic E-state index is 2.53. The van der Waals surface area contributed by atoms with Crippen molar-refractivity contribution in [3.8, 4) is 0 Å². The monoisotopic (exact) mass is 208 g/mol. The molecule has 0 fully saturated rings. The van der Waals surface area contributed by atoms with Crippen LogP contribution in [-0.4, -0.2) is 8.80 Å². The molecule has 1 unspecified atom stereocenters. The van der Waals surface area contributed by atoms with Crippen LogP contribution in [0.4, 0.5) is 0 Å². The summed E-state index contributed by atoms with van der Waals surface area (Å²) >= 11 is 0. The highest BCUT2D eigenvalue weighted by Crippen LogP contribution is 2.29. The van der Waals surface area contributed by atoms with Crippen LogP contribution in [0.1, 0.15) is 40.5 Å². The second-order valence-corrected chi connectivity index (χ2v) is 7.78. The first-order valence-corrected chi connectivity index (χ1v) is 8.30. The molecule has 1 atom stereocenters. The lowest BCUT2D eigenvalue weighted by Gasteiger charge is -2.16. The van der Waals surface area contributed by atoms with Crippen LogP contribution in [-0.2, 0) is 0 Å². The van der Waals surface area contributed by atoms with E-state index in [0.717, 1.165) is 0 Å². The Kier molecular flexibility index (Phi) is 4.66. The molecule has 0 aliphatic heterocycles. The van der Waals surface area contributed by atoms with Gasteiger partial charge in [-0.15, -0.1) is 0 Å². The fourth-order valence-electron chi connectivity index (χ4n) is 2.56. The van der Waals surface area contributed by atoms with Gasteiger partial charge in [0.15, 0.2) is 0 Å². The SMILES string of the molecule is CCC[SiH](CCC)C1=CC(C)C=C1C. The van der Waals surface area contributed by atoms with Crippen molar-refractivity contribution in [2.45, 2.75) is 52.6 Å². The maximum Gasteiger partial charge on any atom is 0.0707 e. The Hall–Kier alpha value is -0.303. The van der Waals surface area contributed by atoms with Crippen molar-refractivity contribution in [2.24, 2.45) is 5.92 Å². The Morgan fingerprint density at radius 1 is 1.14 bits per heavy atom. The Bertz CT molecular complexity index is 232. The van der Waals surface area contributed by atoms with E-state index in [1.165, 1.54) is 24.9 Å². The average molecular weight is 208 g/mol. The van der Waals surface area contributed by atoms with E-state index in [-0.39, 0.29) is 0 Å². The zero-order valence-electron chi connectivity index (χ0n) is 10.1. The molecule has 0 aromatic carbocycles. The molecule has 1 aliphatic rings. The van der Waals surface area contributed by atoms with Crippen molar-refractivity contribution in [2.75, 3.05) is 0 Å². The molecule has 0 radical (unpaired) electrons. The molecular weight excluding hydrogens is 184 g/mol. The van der Waals surface area contributed by atoms with Crippen LogP contribution in [0.25, 0.3) is 0 Å². The molecule has 0 aromatic rings. The van der Waals surface area contributed by atoms with Crippen molar-refractivity contribution < 1.29 is 0 Å². The molecule has 0 heterocycles. The molecule has 1 rings (SSSR count). The zero-order valence-corrected chi connectivity index (χ0v) is 11.3. The van der Waals surface area contributed by atoms with Crippen molar-refractivity contribution in [3.63, 3.8) is 0 Å². The van der Waals surface area contributed by atoms with Crippen LogP contribution >= 0.6 is 0 Å². The first-order chi connectivity index (χ1) is 6.69. The normalized spacial score (nSPS) is 21.4. The molecule has 0 aromatic heterocycles. The van der Waals surface area contributed by atoms with Gasteiger partial charge in [-0.25, -0.2) is 0 Å². The van der Waals surface area contributed by atoms with Crippen LogP contribution in [0.3, 0.4) is 0 Å². The molecule has 0 nitrogen and oxygen atoms in total. The average Bonchev–Trinajstić information content (AvgIpc) is 2.45. The second kappa shape index (κ2) is 5.55. The van der Waals surface area contributed by atoms with Gasteiger partial charge in [-0.05, 0) is 12.8 Å². The van der Waals surface area contributed by atoms with Gasteiger partial charge in [-0.1, -0.05) is 68.6 Å². The molecule has 1 aliphatic carbocycles. The van der Waals surface area contributed by atoms with Gasteiger partial charge in [0.05, 0.1) is 8.80 Å². The van der Waals surface area contributed by atoms with Gasteiger partial charge in [-0.3, -0.25) is 0 Å². The molecule has 0 amide bonds. The minimum atomic E-state index is -0.590. The summed E-state index contributed by atoms with van der Waals surface area (Å²) in [4.78, 5) is 0. The van der Waals surface area contributed by atoms with Crippen molar-refractivity contribution in [3.05, 3.63) is 22.9 Å². The Morgan fingerprint density at radius 3 is 2.07 bits per heavy atom. The van der Waals surface area contributed by atoms with E-state index in [4.69, 9.17) is 0 Å². The predicted octanol–water partition coefficient (Wildman–Crippen LogP) is 4.10. The molecule has 80 valence electrons. The number of rotatable bonds is 5. The van der Waals surface area contributed by atoms with Crippen molar-refractivity contribution in [1.82, 2.24) is 0 Å². The lowest BCUT2D eigenvalue weighted by atomic mass is 10.2. The quantitative estimate of drug-likeness (QED) is 0.597. The number of hydrogen-bond donors (Lipinski definition) is 0. The van der Waals surface area contributed by atoms with Gasteiger partial charge in [-0.2, -0.15) is 0 Å². The van der Waals surface area contributed by atoms with Gasteiger partial charge < -0.3 is 0 Å². The molecule has 14 heavy (non-hydrogen) atoms. The predicted molar refractivity (Wildman–Crippen MR) is 68.3 cm³/mol. The standard InChI is InChI=1S/C13H24Si/c1-5-7-14(8-6-2)13-10-11(3)9-12(13)4/h9-11,14H,5-8H2,1-4H3. The Morgan fingerprint density at radius 2 is 1.71 bits per heavy atom. The van der Waals surface area contributed by atoms with E-state index in [1.807, 2.05) is 0 Å². The van der Waals surface area contributed by atoms with Gasteiger partial charge in [0, 0.05) is 0 Å². The summed E-state index contributed by atoms with van der Waals surface area (Å²) in [7, 11) is -0.590. The zero-order chi connectivity index (χ0) is 10.6. The van der Waals surface area contributed by atoms with E-state index >= 15 is 0 Å². The highest BCUT2D eigenvalue weighted by atomic mass is 28.3. The lowest BCUT2D eigenvalue weighted by Crippen LogP contribution is -2.15. The third kappa shape index (κ3) is 2.84. The van der Waals surface area contributed by atoms with Crippen LogP contribution in [0, 0.1) is 5.92 Å². The first kappa shape index (κ1) is 11.8. The van der Waals surface area contributed by atoms with E-state index in [0.29, 0.717) is 5.92 Å². The summed E-state index contributed by atoms with van der Waals surface area (Å²) in [5.74, 6) is 0.703. The summed E-state index contributed by atoms with van der Waals surface area (Å²) in [6, 6.07) is 3.00. The summed E-state index contributed by atoms with van der Waals surface area (Å²) in [5, 5.41) is 1.78. The van der Waals surface area contributed by atoms with Gasteiger partial charge in [0.25, 0.3) is 0 Å². The number of hydrogen-bond acceptors (Lipinski definition) is 0. The maximum atomic E-state index is 2.53. The van der Waals surface area contributed by atoms with Crippen molar-refractivity contribution >= 4 is 8.80 Å². The Balaban J connectivity index is 2.68. The highest BCUT2D eigenvalue weighted by Gasteiger charge is 2.20. The van der Waals surface area contributed by atoms with E-state index in [2.05, 4.69) is 39.8 Å². The molecule has 1 heteroatoms. The third-order valence-corrected chi connectivity index (χ3v) is 7.20. The molecule has 0 saturated carbocycles. The van der Waals surface area contributed by atoms with Gasteiger partial charge >= 0.3 is 0 Å². The Labute approximate surface area is 90.7 Å². The highest BCUT2D eigenvalue weighted by molar-refractivity contribution is 6.68. The molecule has 0 N–H and O–H groups in total. The second-order valence-electron chi connectivity index (χ2n) is 4.61. The minimum Gasteiger partial charge on any atom is -0.0787 e. The van der Waals surface area contributed by atoms with Crippen LogP contribution in [0.15, 0.2) is 22.9 Å². The van der Waals surface area contributed by atoms with Crippen molar-refractivity contribution in [1.29, 1.82) is 0 Å². The van der Waals surface area contributed by atoms with Gasteiger partial charge in [0.2, 0.25) is 0 Å². The smallest absolute Gasteiger partial charge is 0.0707 e. The molecule has 0 saturated heterocycles. The molecule has 0 bridgehead atoms. The van der Waals surface area contributed by atoms with Gasteiger partial charge in [0.1, 0.15) is 0 Å².